The fourth-order valence-corrected chi connectivity index (χ4v) is 0.0323. The van der Waals surface area contributed by atoms with Crippen molar-refractivity contribution in [2.75, 3.05) is 0 Å². The number of hydrogen-bond acceptors (Lipinski definition) is 4. The molecular formula is CH8BaN4O. The zero-order valence-corrected chi connectivity index (χ0v) is 8.17. The van der Waals surface area contributed by atoms with E-state index in [9.17, 15) is 0 Å². The Morgan fingerprint density at radius 1 is 1.71 bits per heavy atom. The number of hydrogen-bond donors (Lipinski definition) is 3. The van der Waals surface area contributed by atoms with E-state index in [0.717, 1.165) is 0 Å². The molecule has 0 saturated carbocycles. The standard InChI is InChI=1S/CH4N4.Ba.H2O.2H/c2-1-4-5-3;;;;/h4-5H,3H2;;1H2;;/q;+2;;2*-1. The van der Waals surface area contributed by atoms with Gasteiger partial charge in [0.2, 0.25) is 0 Å². The Kier molecular flexibility index (Phi) is 35.5. The average molecular weight is 229 g/mol. The topological polar surface area (TPSA) is 105 Å². The molecule has 0 aromatic carbocycles. The van der Waals surface area contributed by atoms with Crippen molar-refractivity contribution in [2.45, 2.75) is 0 Å². The number of rotatable bonds is 1. The van der Waals surface area contributed by atoms with Crippen LogP contribution in [0.15, 0.2) is 0 Å². The van der Waals surface area contributed by atoms with Crippen LogP contribution >= 0.6 is 0 Å². The fraction of sp³-hybridized carbons (Fsp3) is 0. The van der Waals surface area contributed by atoms with Gasteiger partial charge in [-0.3, -0.25) is 5.84 Å². The van der Waals surface area contributed by atoms with Crippen LogP contribution in [0.25, 0.3) is 0 Å². The van der Waals surface area contributed by atoms with Crippen molar-refractivity contribution in [3.8, 4) is 6.19 Å². The zero-order valence-electron chi connectivity index (χ0n) is 5.73. The summed E-state index contributed by atoms with van der Waals surface area (Å²) in [4.78, 5) is 0. The van der Waals surface area contributed by atoms with Crippen molar-refractivity contribution in [3.05, 3.63) is 0 Å². The van der Waals surface area contributed by atoms with Gasteiger partial charge in [0.05, 0.1) is 0 Å². The van der Waals surface area contributed by atoms with Crippen molar-refractivity contribution in [1.29, 1.82) is 5.26 Å². The molecule has 6 heteroatoms. The minimum Gasteiger partial charge on any atom is -1.00 e. The van der Waals surface area contributed by atoms with Crippen molar-refractivity contribution in [3.63, 3.8) is 0 Å². The van der Waals surface area contributed by atoms with Gasteiger partial charge in [-0.05, 0) is 0 Å². The van der Waals surface area contributed by atoms with E-state index in [2.05, 4.69) is 5.84 Å². The maximum atomic E-state index is 7.56. The SMILES string of the molecule is N#CNNN.O.[Ba+2].[H-].[H-]. The van der Waals surface area contributed by atoms with E-state index in [4.69, 9.17) is 5.26 Å². The maximum Gasteiger partial charge on any atom is 2.00 e. The molecule has 0 amide bonds. The summed E-state index contributed by atoms with van der Waals surface area (Å²) in [6, 6.07) is 0. The van der Waals surface area contributed by atoms with Crippen LogP contribution in [-0.4, -0.2) is 54.4 Å². The van der Waals surface area contributed by atoms with Crippen LogP contribution in [0.1, 0.15) is 2.85 Å². The molecule has 0 aromatic heterocycles. The minimum atomic E-state index is 0. The Hall–Kier alpha value is 0.741. The van der Waals surface area contributed by atoms with Gasteiger partial charge in [-0.2, -0.15) is 10.8 Å². The zero-order chi connectivity index (χ0) is 4.12. The largest absolute Gasteiger partial charge is 2.00 e. The molecular weight excluding hydrogens is 221 g/mol. The first kappa shape index (κ1) is 15.6. The van der Waals surface area contributed by atoms with Gasteiger partial charge >= 0.3 is 48.9 Å². The minimum absolute atomic E-state index is 0. The van der Waals surface area contributed by atoms with Crippen molar-refractivity contribution in [2.24, 2.45) is 5.84 Å². The first-order chi connectivity index (χ1) is 2.41. The summed E-state index contributed by atoms with van der Waals surface area (Å²) in [5.41, 5.74) is 3.85. The molecule has 0 aromatic rings. The van der Waals surface area contributed by atoms with Crippen LogP contribution in [0.2, 0.25) is 0 Å². The van der Waals surface area contributed by atoms with Crippen LogP contribution in [-0.2, 0) is 0 Å². The summed E-state index contributed by atoms with van der Waals surface area (Å²) in [6.45, 7) is 0. The van der Waals surface area contributed by atoms with E-state index in [1.807, 2.05) is 11.0 Å². The van der Waals surface area contributed by atoms with Crippen LogP contribution in [0, 0.1) is 11.5 Å². The van der Waals surface area contributed by atoms with E-state index in [1.165, 1.54) is 6.19 Å². The van der Waals surface area contributed by atoms with E-state index in [1.54, 1.807) is 0 Å². The van der Waals surface area contributed by atoms with Gasteiger partial charge in [0.15, 0.2) is 6.19 Å². The molecule has 0 radical (unpaired) electrons. The Balaban J connectivity index is -0.0000000133. The van der Waals surface area contributed by atoms with Gasteiger partial charge in [0.25, 0.3) is 0 Å². The van der Waals surface area contributed by atoms with Gasteiger partial charge in [-0.15, -0.1) is 0 Å². The fourth-order valence-electron chi connectivity index (χ4n) is 0.0323. The van der Waals surface area contributed by atoms with Gasteiger partial charge in [-0.25, -0.2) is 5.43 Å². The Morgan fingerprint density at radius 2 is 2.14 bits per heavy atom. The Labute approximate surface area is 84.5 Å². The molecule has 0 unspecified atom stereocenters. The van der Waals surface area contributed by atoms with Gasteiger partial charge in [0, 0.05) is 0 Å². The summed E-state index contributed by atoms with van der Waals surface area (Å²) in [5, 5.41) is 7.56. The Morgan fingerprint density at radius 3 is 2.14 bits per heavy atom. The van der Waals surface area contributed by atoms with Crippen LogP contribution < -0.4 is 16.8 Å². The first-order valence-corrected chi connectivity index (χ1v) is 1.01. The third kappa shape index (κ3) is 20.2. The summed E-state index contributed by atoms with van der Waals surface area (Å²) in [5.74, 6) is 4.56. The van der Waals surface area contributed by atoms with Crippen LogP contribution in [0.5, 0.6) is 0 Å². The van der Waals surface area contributed by atoms with Crippen molar-refractivity contribution >= 4 is 48.9 Å². The molecule has 0 spiro atoms. The van der Waals surface area contributed by atoms with Crippen LogP contribution in [0.3, 0.4) is 0 Å². The van der Waals surface area contributed by atoms with E-state index in [-0.39, 0.29) is 57.2 Å². The second kappa shape index (κ2) is 15.9. The molecule has 0 fully saturated rings. The normalized spacial score (nSPS) is 4.00. The number of nitrogens with two attached hydrogens (primary N) is 1. The predicted octanol–water partition coefficient (Wildman–Crippen LogP) is -2.55. The molecule has 6 N–H and O–H groups in total. The van der Waals surface area contributed by atoms with E-state index >= 15 is 0 Å². The summed E-state index contributed by atoms with van der Waals surface area (Å²) < 4.78 is 0. The molecule has 0 bridgehead atoms. The van der Waals surface area contributed by atoms with Gasteiger partial charge < -0.3 is 8.33 Å². The molecule has 7 heavy (non-hydrogen) atoms. The molecule has 40 valence electrons. The number of nitrogens with zero attached hydrogens (tertiary/aromatic N) is 1. The quantitative estimate of drug-likeness (QED) is 0.151. The molecule has 0 saturated heterocycles. The molecule has 0 aliphatic heterocycles. The molecule has 5 nitrogen and oxygen atoms in total. The van der Waals surface area contributed by atoms with Gasteiger partial charge in [0.1, 0.15) is 0 Å². The second-order valence-corrected chi connectivity index (χ2v) is 0.381. The van der Waals surface area contributed by atoms with Gasteiger partial charge in [-0.1, -0.05) is 0 Å². The van der Waals surface area contributed by atoms with E-state index < -0.39 is 0 Å². The van der Waals surface area contributed by atoms with Crippen LogP contribution in [0.4, 0.5) is 0 Å². The summed E-state index contributed by atoms with van der Waals surface area (Å²) >= 11 is 0. The molecule has 0 aliphatic carbocycles. The maximum absolute atomic E-state index is 7.56. The summed E-state index contributed by atoms with van der Waals surface area (Å²) in [7, 11) is 0. The molecule has 0 rings (SSSR count). The molecule has 0 atom stereocenters. The van der Waals surface area contributed by atoms with E-state index in [0.29, 0.717) is 0 Å². The number of hydrazine groups is 2. The average Bonchev–Trinajstić information content (AvgIpc) is 1.41. The Bertz CT molecular complexity index is 57.0. The predicted molar refractivity (Wildman–Crippen MR) is 27.7 cm³/mol. The third-order valence-electron chi connectivity index (χ3n) is 0.128. The number of nitrogens with one attached hydrogen (secondary N) is 2. The first-order valence-electron chi connectivity index (χ1n) is 1.01. The number of nitriles is 1. The monoisotopic (exact) mass is 230 g/mol. The molecule has 0 aliphatic rings. The van der Waals surface area contributed by atoms with Crippen molar-refractivity contribution in [1.82, 2.24) is 11.0 Å². The smallest absolute Gasteiger partial charge is 1.00 e. The third-order valence-corrected chi connectivity index (χ3v) is 0.128. The van der Waals surface area contributed by atoms with Crippen molar-refractivity contribution < 1.29 is 8.33 Å². The summed E-state index contributed by atoms with van der Waals surface area (Å²) in [6.07, 6.45) is 1.53. The molecule has 0 heterocycles. The second-order valence-electron chi connectivity index (χ2n) is 0.381.